The molecule has 2 aromatic rings. The zero-order valence-corrected chi connectivity index (χ0v) is 15.4. The minimum Gasteiger partial charge on any atom is -0.373 e. The maximum Gasteiger partial charge on any atom is 0.274 e. The summed E-state index contributed by atoms with van der Waals surface area (Å²) in [6, 6.07) is 9.45. The van der Waals surface area contributed by atoms with E-state index in [0.717, 1.165) is 40.8 Å². The van der Waals surface area contributed by atoms with Crippen molar-refractivity contribution in [3.05, 3.63) is 52.3 Å². The van der Waals surface area contributed by atoms with Gasteiger partial charge in [0.2, 0.25) is 0 Å². The predicted octanol–water partition coefficient (Wildman–Crippen LogP) is 4.64. The van der Waals surface area contributed by atoms with E-state index in [9.17, 15) is 4.79 Å². The maximum atomic E-state index is 12.3. The molecule has 0 spiro atoms. The molecule has 0 fully saturated rings. The topological polar surface area (TPSA) is 45.2 Å². The number of amides is 1. The highest BCUT2D eigenvalue weighted by Gasteiger charge is 2.10. The van der Waals surface area contributed by atoms with E-state index < -0.39 is 0 Å². The summed E-state index contributed by atoms with van der Waals surface area (Å²) in [5.41, 5.74) is 3.24. The molecule has 1 aromatic carbocycles. The molecule has 1 N–H and O–H groups in total. The average molecular weight is 376 g/mol. The van der Waals surface area contributed by atoms with Gasteiger partial charge in [0.05, 0.1) is 11.9 Å². The molecule has 1 heterocycles. The first-order valence-corrected chi connectivity index (χ1v) is 8.55. The van der Waals surface area contributed by atoms with Gasteiger partial charge in [0.25, 0.3) is 5.91 Å². The zero-order chi connectivity index (χ0) is 16.8. The summed E-state index contributed by atoms with van der Waals surface area (Å²) in [5, 5.41) is 2.90. The van der Waals surface area contributed by atoms with Crippen molar-refractivity contribution < 1.29 is 4.79 Å². The van der Waals surface area contributed by atoms with Crippen molar-refractivity contribution in [3.63, 3.8) is 0 Å². The van der Waals surface area contributed by atoms with Crippen LogP contribution in [0.3, 0.4) is 0 Å². The van der Waals surface area contributed by atoms with Crippen LogP contribution in [-0.4, -0.2) is 24.5 Å². The zero-order valence-electron chi connectivity index (χ0n) is 13.8. The first kappa shape index (κ1) is 17.5. The Kier molecular flexibility index (Phi) is 6.16. The molecule has 0 aliphatic rings. The van der Waals surface area contributed by atoms with Gasteiger partial charge in [0.1, 0.15) is 5.69 Å². The Morgan fingerprint density at radius 2 is 2.09 bits per heavy atom. The standard InChI is InChI=1S/C18H22BrN3O/c1-4-5-10-22(3)15-7-9-17(20-12-15)18(23)21-16-8-6-14(19)11-13(16)2/h6-9,11-12H,4-5,10H2,1-3H3,(H,21,23). The van der Waals surface area contributed by atoms with Gasteiger partial charge in [-0.3, -0.25) is 4.79 Å². The molecule has 122 valence electrons. The number of halogens is 1. The lowest BCUT2D eigenvalue weighted by Crippen LogP contribution is -2.19. The molecular weight excluding hydrogens is 354 g/mol. The lowest BCUT2D eigenvalue weighted by Gasteiger charge is -2.18. The molecule has 0 saturated heterocycles. The Balaban J connectivity index is 2.05. The van der Waals surface area contributed by atoms with E-state index in [1.807, 2.05) is 38.2 Å². The van der Waals surface area contributed by atoms with Crippen molar-refractivity contribution in [1.29, 1.82) is 0 Å². The number of nitrogens with zero attached hydrogens (tertiary/aromatic N) is 2. The van der Waals surface area contributed by atoms with Gasteiger partial charge in [-0.05, 0) is 49.2 Å². The van der Waals surface area contributed by atoms with E-state index in [-0.39, 0.29) is 5.91 Å². The summed E-state index contributed by atoms with van der Waals surface area (Å²) in [4.78, 5) is 18.7. The number of aromatic nitrogens is 1. The number of aryl methyl sites for hydroxylation is 1. The number of benzene rings is 1. The van der Waals surface area contributed by atoms with Crippen molar-refractivity contribution in [2.45, 2.75) is 26.7 Å². The van der Waals surface area contributed by atoms with Gasteiger partial charge in [-0.15, -0.1) is 0 Å². The largest absolute Gasteiger partial charge is 0.373 e. The monoisotopic (exact) mass is 375 g/mol. The summed E-state index contributed by atoms with van der Waals surface area (Å²) in [6.07, 6.45) is 4.05. The summed E-state index contributed by atoms with van der Waals surface area (Å²) < 4.78 is 0.991. The summed E-state index contributed by atoms with van der Waals surface area (Å²) in [6.45, 7) is 5.12. The quantitative estimate of drug-likeness (QED) is 0.799. The van der Waals surface area contributed by atoms with Crippen LogP contribution >= 0.6 is 15.9 Å². The second-order valence-corrected chi connectivity index (χ2v) is 6.51. The summed E-state index contributed by atoms with van der Waals surface area (Å²) >= 11 is 3.42. The van der Waals surface area contributed by atoms with Gasteiger partial charge in [-0.2, -0.15) is 0 Å². The van der Waals surface area contributed by atoms with E-state index in [1.165, 1.54) is 0 Å². The van der Waals surface area contributed by atoms with Crippen molar-refractivity contribution >= 4 is 33.2 Å². The Morgan fingerprint density at radius 3 is 2.70 bits per heavy atom. The third-order valence-corrected chi connectivity index (χ3v) is 4.20. The summed E-state index contributed by atoms with van der Waals surface area (Å²) in [7, 11) is 2.04. The second-order valence-electron chi connectivity index (χ2n) is 5.59. The normalized spacial score (nSPS) is 10.4. The third kappa shape index (κ3) is 4.79. The van der Waals surface area contributed by atoms with Crippen LogP contribution in [0.1, 0.15) is 35.8 Å². The number of nitrogens with one attached hydrogen (secondary N) is 1. The van der Waals surface area contributed by atoms with Crippen LogP contribution in [0.4, 0.5) is 11.4 Å². The van der Waals surface area contributed by atoms with Crippen molar-refractivity contribution in [2.24, 2.45) is 0 Å². The maximum absolute atomic E-state index is 12.3. The van der Waals surface area contributed by atoms with Crippen molar-refractivity contribution in [3.8, 4) is 0 Å². The van der Waals surface area contributed by atoms with E-state index in [4.69, 9.17) is 0 Å². The SMILES string of the molecule is CCCCN(C)c1ccc(C(=O)Nc2ccc(Br)cc2C)nc1. The van der Waals surface area contributed by atoms with Gasteiger partial charge < -0.3 is 10.2 Å². The first-order chi connectivity index (χ1) is 11.0. The molecule has 0 atom stereocenters. The van der Waals surface area contributed by atoms with E-state index in [2.05, 4.69) is 38.1 Å². The number of anilines is 2. The lowest BCUT2D eigenvalue weighted by atomic mass is 10.2. The highest BCUT2D eigenvalue weighted by Crippen LogP contribution is 2.21. The Bertz CT molecular complexity index is 670. The Labute approximate surface area is 146 Å². The van der Waals surface area contributed by atoms with Crippen molar-refractivity contribution in [2.75, 3.05) is 23.8 Å². The molecule has 0 saturated carbocycles. The molecule has 0 unspecified atom stereocenters. The van der Waals surface area contributed by atoms with Gasteiger partial charge in [0.15, 0.2) is 0 Å². The third-order valence-electron chi connectivity index (χ3n) is 3.71. The lowest BCUT2D eigenvalue weighted by molar-refractivity contribution is 0.102. The van der Waals surface area contributed by atoms with Crippen LogP contribution in [0.2, 0.25) is 0 Å². The van der Waals surface area contributed by atoms with Gasteiger partial charge in [0, 0.05) is 23.8 Å². The van der Waals surface area contributed by atoms with E-state index in [0.29, 0.717) is 5.69 Å². The van der Waals surface area contributed by atoms with E-state index >= 15 is 0 Å². The number of hydrogen-bond acceptors (Lipinski definition) is 3. The number of rotatable bonds is 6. The van der Waals surface area contributed by atoms with Crippen LogP contribution in [0.25, 0.3) is 0 Å². The molecule has 1 amide bonds. The fourth-order valence-electron chi connectivity index (χ4n) is 2.22. The average Bonchev–Trinajstić information content (AvgIpc) is 2.55. The van der Waals surface area contributed by atoms with Crippen molar-refractivity contribution in [1.82, 2.24) is 4.98 Å². The van der Waals surface area contributed by atoms with E-state index in [1.54, 1.807) is 12.3 Å². The van der Waals surface area contributed by atoms with Crippen LogP contribution in [0.15, 0.2) is 41.0 Å². The van der Waals surface area contributed by atoms with Gasteiger partial charge >= 0.3 is 0 Å². The fourth-order valence-corrected chi connectivity index (χ4v) is 2.70. The number of pyridine rings is 1. The molecule has 23 heavy (non-hydrogen) atoms. The van der Waals surface area contributed by atoms with Crippen LogP contribution < -0.4 is 10.2 Å². The van der Waals surface area contributed by atoms with Gasteiger partial charge in [-0.1, -0.05) is 29.3 Å². The highest BCUT2D eigenvalue weighted by molar-refractivity contribution is 9.10. The molecule has 0 aliphatic carbocycles. The molecule has 0 bridgehead atoms. The smallest absolute Gasteiger partial charge is 0.274 e. The first-order valence-electron chi connectivity index (χ1n) is 7.76. The molecule has 0 radical (unpaired) electrons. The highest BCUT2D eigenvalue weighted by atomic mass is 79.9. The van der Waals surface area contributed by atoms with Crippen LogP contribution in [0.5, 0.6) is 0 Å². The number of unbranched alkanes of at least 4 members (excludes halogenated alkanes) is 1. The minimum absolute atomic E-state index is 0.196. The molecule has 2 rings (SSSR count). The molecule has 4 nitrogen and oxygen atoms in total. The Morgan fingerprint density at radius 1 is 1.30 bits per heavy atom. The summed E-state index contributed by atoms with van der Waals surface area (Å²) in [5.74, 6) is -0.196. The molecular formula is C18H22BrN3O. The number of hydrogen-bond donors (Lipinski definition) is 1. The molecule has 5 heteroatoms. The number of carbonyl (C=O) groups is 1. The van der Waals surface area contributed by atoms with Crippen LogP contribution in [0, 0.1) is 6.92 Å². The second kappa shape index (κ2) is 8.11. The van der Waals surface area contributed by atoms with Crippen LogP contribution in [-0.2, 0) is 0 Å². The molecule has 1 aromatic heterocycles. The minimum atomic E-state index is -0.196. The molecule has 0 aliphatic heterocycles. The predicted molar refractivity (Wildman–Crippen MR) is 99.2 cm³/mol. The Hall–Kier alpha value is -1.88. The fraction of sp³-hybridized carbons (Fsp3) is 0.333. The number of carbonyl (C=O) groups excluding carboxylic acids is 1. The van der Waals surface area contributed by atoms with Gasteiger partial charge in [-0.25, -0.2) is 4.98 Å².